The Balaban J connectivity index is 1.52. The van der Waals surface area contributed by atoms with Crippen molar-refractivity contribution in [2.75, 3.05) is 13.6 Å². The van der Waals surface area contributed by atoms with E-state index in [0.29, 0.717) is 6.54 Å². The molecule has 3 rings (SSSR count). The Labute approximate surface area is 137 Å². The first-order chi connectivity index (χ1) is 11.2. The van der Waals surface area contributed by atoms with Gasteiger partial charge in [-0.25, -0.2) is 0 Å². The van der Waals surface area contributed by atoms with E-state index >= 15 is 0 Å². The number of para-hydroxylation sites is 1. The summed E-state index contributed by atoms with van der Waals surface area (Å²) in [4.78, 5) is 14.3. The third-order valence-corrected chi connectivity index (χ3v) is 4.19. The molecule has 1 aliphatic rings. The molecule has 4 heteroatoms. The molecule has 0 saturated carbocycles. The second kappa shape index (κ2) is 7.29. The quantitative estimate of drug-likeness (QED) is 0.922. The van der Waals surface area contributed by atoms with Gasteiger partial charge in [0.05, 0.1) is 6.04 Å². The van der Waals surface area contributed by atoms with Gasteiger partial charge in [0.25, 0.3) is 0 Å². The van der Waals surface area contributed by atoms with Crippen LogP contribution in [0.3, 0.4) is 0 Å². The molecule has 1 unspecified atom stereocenters. The zero-order valence-corrected chi connectivity index (χ0v) is 13.4. The average Bonchev–Trinajstić information content (AvgIpc) is 3.01. The van der Waals surface area contributed by atoms with Gasteiger partial charge in [0.1, 0.15) is 11.5 Å². The molecule has 1 aliphatic heterocycles. The Morgan fingerprint density at radius 2 is 1.83 bits per heavy atom. The van der Waals surface area contributed by atoms with Crippen molar-refractivity contribution in [1.29, 1.82) is 0 Å². The van der Waals surface area contributed by atoms with Crippen LogP contribution in [0.4, 0.5) is 0 Å². The van der Waals surface area contributed by atoms with Crippen molar-refractivity contribution in [1.82, 2.24) is 10.2 Å². The van der Waals surface area contributed by atoms with Gasteiger partial charge in [-0.3, -0.25) is 9.69 Å². The molecule has 2 aromatic rings. The largest absolute Gasteiger partial charge is 0.457 e. The number of benzene rings is 2. The maximum Gasteiger partial charge on any atom is 0.237 e. The van der Waals surface area contributed by atoms with E-state index in [2.05, 4.69) is 10.2 Å². The second-order valence-electron chi connectivity index (χ2n) is 5.92. The third kappa shape index (κ3) is 4.11. The van der Waals surface area contributed by atoms with Crippen LogP contribution < -0.4 is 10.1 Å². The highest BCUT2D eigenvalue weighted by atomic mass is 16.5. The van der Waals surface area contributed by atoms with Crippen molar-refractivity contribution in [3.8, 4) is 11.5 Å². The summed E-state index contributed by atoms with van der Waals surface area (Å²) in [6.45, 7) is 1.55. The normalized spacial score (nSPS) is 17.9. The zero-order chi connectivity index (χ0) is 16.1. The van der Waals surface area contributed by atoms with E-state index in [1.54, 1.807) is 0 Å². The molecule has 1 amide bonds. The third-order valence-electron chi connectivity index (χ3n) is 4.19. The number of likely N-dealkylation sites (N-methyl/N-ethyl adjacent to an activating group) is 1. The first-order valence-electron chi connectivity index (χ1n) is 8.02. The molecule has 4 nitrogen and oxygen atoms in total. The first kappa shape index (κ1) is 15.6. The number of rotatable bonds is 5. The minimum Gasteiger partial charge on any atom is -0.457 e. The van der Waals surface area contributed by atoms with Crippen molar-refractivity contribution >= 4 is 5.91 Å². The second-order valence-corrected chi connectivity index (χ2v) is 5.92. The standard InChI is InChI=1S/C19H22N2O2/c1-21-13-5-8-18(21)19(22)20-14-15-9-11-17(12-10-15)23-16-6-3-2-4-7-16/h2-4,6-7,9-12,18H,5,8,13-14H2,1H3,(H,20,22). The molecule has 1 saturated heterocycles. The minimum absolute atomic E-state index is 0.0238. The number of ether oxygens (including phenoxy) is 1. The van der Waals surface area contributed by atoms with Gasteiger partial charge in [-0.2, -0.15) is 0 Å². The van der Waals surface area contributed by atoms with Crippen molar-refractivity contribution in [3.63, 3.8) is 0 Å². The number of likely N-dealkylation sites (tertiary alicyclic amines) is 1. The molecule has 0 bridgehead atoms. The maximum atomic E-state index is 12.2. The molecule has 2 aromatic carbocycles. The van der Waals surface area contributed by atoms with Crippen molar-refractivity contribution in [2.24, 2.45) is 0 Å². The van der Waals surface area contributed by atoms with Gasteiger partial charge in [-0.05, 0) is 56.3 Å². The molecule has 0 aromatic heterocycles. The smallest absolute Gasteiger partial charge is 0.237 e. The van der Waals surface area contributed by atoms with Gasteiger partial charge in [-0.15, -0.1) is 0 Å². The number of carbonyl (C=O) groups is 1. The molecule has 1 heterocycles. The lowest BCUT2D eigenvalue weighted by Crippen LogP contribution is -2.41. The number of carbonyl (C=O) groups excluding carboxylic acids is 1. The Kier molecular flexibility index (Phi) is 4.93. The molecule has 23 heavy (non-hydrogen) atoms. The van der Waals surface area contributed by atoms with Crippen LogP contribution in [0.5, 0.6) is 11.5 Å². The maximum absolute atomic E-state index is 12.2. The molecule has 0 aliphatic carbocycles. The molecule has 1 atom stereocenters. The fourth-order valence-corrected chi connectivity index (χ4v) is 2.85. The van der Waals surface area contributed by atoms with Crippen LogP contribution in [0, 0.1) is 0 Å². The van der Waals surface area contributed by atoms with Crippen molar-refractivity contribution in [3.05, 3.63) is 60.2 Å². The van der Waals surface area contributed by atoms with Crippen molar-refractivity contribution in [2.45, 2.75) is 25.4 Å². The van der Waals surface area contributed by atoms with Gasteiger partial charge < -0.3 is 10.1 Å². The molecule has 120 valence electrons. The lowest BCUT2D eigenvalue weighted by molar-refractivity contribution is -0.125. The fourth-order valence-electron chi connectivity index (χ4n) is 2.85. The highest BCUT2D eigenvalue weighted by Gasteiger charge is 2.27. The molecule has 0 spiro atoms. The van der Waals surface area contributed by atoms with Crippen LogP contribution in [0.25, 0.3) is 0 Å². The van der Waals surface area contributed by atoms with E-state index in [1.165, 1.54) is 0 Å². The van der Waals surface area contributed by atoms with Gasteiger partial charge in [0.2, 0.25) is 5.91 Å². The predicted octanol–water partition coefficient (Wildman–Crippen LogP) is 3.19. The summed E-state index contributed by atoms with van der Waals surface area (Å²) in [5.74, 6) is 1.73. The average molecular weight is 310 g/mol. The predicted molar refractivity (Wildman–Crippen MR) is 90.5 cm³/mol. The van der Waals surface area contributed by atoms with Crippen LogP contribution in [0.1, 0.15) is 18.4 Å². The minimum atomic E-state index is 0.0238. The monoisotopic (exact) mass is 310 g/mol. The number of amides is 1. The van der Waals surface area contributed by atoms with E-state index in [9.17, 15) is 4.79 Å². The highest BCUT2D eigenvalue weighted by Crippen LogP contribution is 2.21. The Morgan fingerprint density at radius 3 is 2.48 bits per heavy atom. The number of nitrogens with zero attached hydrogens (tertiary/aromatic N) is 1. The van der Waals surface area contributed by atoms with Crippen molar-refractivity contribution < 1.29 is 9.53 Å². The number of hydrogen-bond donors (Lipinski definition) is 1. The summed E-state index contributed by atoms with van der Waals surface area (Å²) in [5, 5.41) is 3.02. The van der Waals surface area contributed by atoms with Crippen LogP contribution in [-0.2, 0) is 11.3 Å². The van der Waals surface area contributed by atoms with E-state index in [0.717, 1.165) is 36.4 Å². The first-order valence-corrected chi connectivity index (χ1v) is 8.02. The van der Waals surface area contributed by atoms with Gasteiger partial charge in [-0.1, -0.05) is 30.3 Å². The Bertz CT molecular complexity index is 640. The van der Waals surface area contributed by atoms with E-state index in [-0.39, 0.29) is 11.9 Å². The molecular weight excluding hydrogens is 288 g/mol. The van der Waals surface area contributed by atoms with Crippen LogP contribution in [-0.4, -0.2) is 30.4 Å². The topological polar surface area (TPSA) is 41.6 Å². The summed E-state index contributed by atoms with van der Waals surface area (Å²) in [6.07, 6.45) is 2.05. The summed E-state index contributed by atoms with van der Waals surface area (Å²) in [7, 11) is 2.01. The Morgan fingerprint density at radius 1 is 1.13 bits per heavy atom. The van der Waals surface area contributed by atoms with Gasteiger partial charge in [0.15, 0.2) is 0 Å². The Hall–Kier alpha value is -2.33. The van der Waals surface area contributed by atoms with Gasteiger partial charge in [0, 0.05) is 6.54 Å². The summed E-state index contributed by atoms with van der Waals surface area (Å²) >= 11 is 0. The van der Waals surface area contributed by atoms with E-state index < -0.39 is 0 Å². The molecular formula is C19H22N2O2. The molecule has 0 radical (unpaired) electrons. The molecule has 1 fully saturated rings. The number of hydrogen-bond acceptors (Lipinski definition) is 3. The summed E-state index contributed by atoms with van der Waals surface area (Å²) in [6, 6.07) is 17.5. The van der Waals surface area contributed by atoms with E-state index in [4.69, 9.17) is 4.74 Å². The zero-order valence-electron chi connectivity index (χ0n) is 13.4. The van der Waals surface area contributed by atoms with Crippen LogP contribution >= 0.6 is 0 Å². The lowest BCUT2D eigenvalue weighted by Gasteiger charge is -2.18. The fraction of sp³-hybridized carbons (Fsp3) is 0.316. The summed E-state index contributed by atoms with van der Waals surface area (Å²) < 4.78 is 5.76. The van der Waals surface area contributed by atoms with Crippen LogP contribution in [0.2, 0.25) is 0 Å². The lowest BCUT2D eigenvalue weighted by atomic mass is 10.2. The van der Waals surface area contributed by atoms with E-state index in [1.807, 2.05) is 61.6 Å². The highest BCUT2D eigenvalue weighted by molar-refractivity contribution is 5.81. The van der Waals surface area contributed by atoms with Crippen LogP contribution in [0.15, 0.2) is 54.6 Å². The molecule has 1 N–H and O–H groups in total. The SMILES string of the molecule is CN1CCCC1C(=O)NCc1ccc(Oc2ccccc2)cc1. The summed E-state index contributed by atoms with van der Waals surface area (Å²) in [5.41, 5.74) is 1.07. The van der Waals surface area contributed by atoms with Gasteiger partial charge >= 0.3 is 0 Å². The number of nitrogens with one attached hydrogen (secondary N) is 1.